The van der Waals surface area contributed by atoms with E-state index < -0.39 is 77.3 Å². The molecule has 278 valence electrons. The molecule has 1 aliphatic rings. The Morgan fingerprint density at radius 2 is 1.26 bits per heavy atom. The smallest absolute Gasteiger partial charge is 0.331 e. The summed E-state index contributed by atoms with van der Waals surface area (Å²) in [7, 11) is 0. The first-order chi connectivity index (χ1) is 25.9. The number of aliphatic hydroxyl groups excluding tert-OH is 2. The molecule has 5 atom stereocenters. The molecule has 4 aromatic carbocycles. The van der Waals surface area contributed by atoms with E-state index in [1.54, 1.807) is 12.1 Å². The van der Waals surface area contributed by atoms with E-state index in [2.05, 4.69) is 0 Å². The quantitative estimate of drug-likeness (QED) is 0.0798. The lowest BCUT2D eigenvalue weighted by molar-refractivity contribution is -0.281. The minimum Gasteiger partial charge on any atom is -0.508 e. The van der Waals surface area contributed by atoms with Crippen LogP contribution in [-0.2, 0) is 23.8 Å². The fourth-order valence-electron chi connectivity index (χ4n) is 5.46. The fraction of sp³-hybridized carbons (Fsp3) is 0.154. The van der Waals surface area contributed by atoms with Crippen LogP contribution in [0.2, 0.25) is 0 Å². The first kappa shape index (κ1) is 37.0. The van der Waals surface area contributed by atoms with Gasteiger partial charge in [0.1, 0.15) is 58.5 Å². The highest BCUT2D eigenvalue weighted by atomic mass is 16.7. The lowest BCUT2D eigenvalue weighted by Gasteiger charge is -2.41. The molecule has 0 saturated carbocycles. The Balaban J connectivity index is 1.32. The number of phenolic OH excluding ortho intramolecular Hbond substituents is 5. The summed E-state index contributed by atoms with van der Waals surface area (Å²) in [5.74, 6) is -4.01. The number of carbonyl (C=O) groups is 2. The Labute approximate surface area is 305 Å². The number of hydrogen-bond donors (Lipinski definition) is 7. The molecular weight excluding hydrogens is 708 g/mol. The molecular formula is C39H32O15. The van der Waals surface area contributed by atoms with Crippen molar-refractivity contribution >= 4 is 35.1 Å². The highest BCUT2D eigenvalue weighted by Crippen LogP contribution is 2.38. The van der Waals surface area contributed by atoms with E-state index in [9.17, 15) is 50.1 Å². The van der Waals surface area contributed by atoms with Crippen molar-refractivity contribution in [1.29, 1.82) is 0 Å². The van der Waals surface area contributed by atoms with Gasteiger partial charge in [-0.1, -0.05) is 24.3 Å². The van der Waals surface area contributed by atoms with Gasteiger partial charge < -0.3 is 59.1 Å². The van der Waals surface area contributed by atoms with E-state index in [4.69, 9.17) is 23.4 Å². The topological polar surface area (TPSA) is 243 Å². The molecule has 6 rings (SSSR count). The van der Waals surface area contributed by atoms with Crippen molar-refractivity contribution in [3.05, 3.63) is 118 Å². The Kier molecular flexibility index (Phi) is 10.8. The summed E-state index contributed by atoms with van der Waals surface area (Å²) in [6.45, 7) is -0.666. The van der Waals surface area contributed by atoms with Gasteiger partial charge in [-0.25, -0.2) is 9.59 Å². The van der Waals surface area contributed by atoms with Gasteiger partial charge in [-0.15, -0.1) is 0 Å². The highest BCUT2D eigenvalue weighted by molar-refractivity contribution is 5.89. The number of aliphatic hydroxyl groups is 2. The maximum absolute atomic E-state index is 13.9. The number of hydrogen-bond acceptors (Lipinski definition) is 15. The van der Waals surface area contributed by atoms with Crippen molar-refractivity contribution in [2.45, 2.75) is 30.7 Å². The monoisotopic (exact) mass is 740 g/mol. The third-order valence-corrected chi connectivity index (χ3v) is 8.18. The Bertz CT molecular complexity index is 2260. The number of aromatic hydroxyl groups is 5. The van der Waals surface area contributed by atoms with Gasteiger partial charge in [-0.2, -0.15) is 0 Å². The van der Waals surface area contributed by atoms with E-state index >= 15 is 0 Å². The number of rotatable bonds is 10. The molecule has 0 radical (unpaired) electrons. The van der Waals surface area contributed by atoms with E-state index in [-0.39, 0.29) is 34.2 Å². The minimum atomic E-state index is -2.00. The molecule has 0 aliphatic carbocycles. The zero-order chi connectivity index (χ0) is 38.5. The summed E-state index contributed by atoms with van der Waals surface area (Å²) in [5.41, 5.74) is 0.00793. The number of fused-ring (bicyclic) bond motifs is 1. The molecule has 1 aliphatic heterocycles. The summed E-state index contributed by atoms with van der Waals surface area (Å²) in [5, 5.41) is 71.7. The Morgan fingerprint density at radius 3 is 1.85 bits per heavy atom. The molecule has 0 unspecified atom stereocenters. The van der Waals surface area contributed by atoms with E-state index in [1.165, 1.54) is 72.8 Å². The summed E-state index contributed by atoms with van der Waals surface area (Å²) >= 11 is 0. The molecule has 15 nitrogen and oxygen atoms in total. The fourth-order valence-corrected chi connectivity index (χ4v) is 5.46. The van der Waals surface area contributed by atoms with Gasteiger partial charge in [0.05, 0.1) is 0 Å². The van der Waals surface area contributed by atoms with Crippen molar-refractivity contribution < 1.29 is 68.7 Å². The van der Waals surface area contributed by atoms with Crippen LogP contribution in [0.1, 0.15) is 11.1 Å². The summed E-state index contributed by atoms with van der Waals surface area (Å²) in [6.07, 6.45) is -4.24. The van der Waals surface area contributed by atoms with Crippen molar-refractivity contribution in [2.75, 3.05) is 6.61 Å². The van der Waals surface area contributed by atoms with Gasteiger partial charge in [-0.3, -0.25) is 4.79 Å². The molecule has 54 heavy (non-hydrogen) atoms. The standard InChI is InChI=1S/C39H32O15/c40-23-9-1-20(2-10-23)5-15-30(45)50-19-29-33(47)37(53-31(46)16-6-21-3-11-24(41)12-4-21)35(49)39(52-29)54-38-34(48)32-27(44)17-26(43)18-28(32)51-36(38)22-7-13-25(42)14-8-22/h1-18,29,33,35,37,39-44,47,49H,19H2/b15-5+,16-6+/t29-,33-,35-,37+,39-/m1/s1. The van der Waals surface area contributed by atoms with Crippen LogP contribution in [-0.4, -0.2) is 85.0 Å². The second-order valence-electron chi connectivity index (χ2n) is 12.0. The second-order valence-corrected chi connectivity index (χ2v) is 12.0. The van der Waals surface area contributed by atoms with Gasteiger partial charge in [-0.05, 0) is 71.8 Å². The molecule has 5 aromatic rings. The van der Waals surface area contributed by atoms with Crippen molar-refractivity contribution in [2.24, 2.45) is 0 Å². The SMILES string of the molecule is O=C(/C=C/c1ccc(O)cc1)OC[C@H]1O[C@H](Oc2c(-c3ccc(O)cc3)oc3cc(O)cc(O)c3c2=O)[C@H](O)[C@@H](OC(=O)/C=C/c2ccc(O)cc2)[C@@H]1O. The molecule has 2 heterocycles. The molecule has 0 spiro atoms. The van der Waals surface area contributed by atoms with Crippen LogP contribution < -0.4 is 10.2 Å². The first-order valence-corrected chi connectivity index (χ1v) is 16.2. The second kappa shape index (κ2) is 15.8. The maximum atomic E-state index is 13.9. The van der Waals surface area contributed by atoms with Crippen molar-refractivity contribution in [3.63, 3.8) is 0 Å². The van der Waals surface area contributed by atoms with Gasteiger partial charge >= 0.3 is 11.9 Å². The number of phenols is 5. The van der Waals surface area contributed by atoms with Crippen LogP contribution in [0.5, 0.6) is 34.5 Å². The number of benzene rings is 4. The molecule has 1 saturated heterocycles. The van der Waals surface area contributed by atoms with E-state index in [0.29, 0.717) is 11.1 Å². The largest absolute Gasteiger partial charge is 0.508 e. The van der Waals surface area contributed by atoms with Crippen LogP contribution in [0.4, 0.5) is 0 Å². The predicted octanol–water partition coefficient (Wildman–Crippen LogP) is 3.70. The summed E-state index contributed by atoms with van der Waals surface area (Å²) in [4.78, 5) is 39.5. The lowest BCUT2D eigenvalue weighted by Crippen LogP contribution is -2.61. The van der Waals surface area contributed by atoms with Crippen LogP contribution in [0, 0.1) is 0 Å². The van der Waals surface area contributed by atoms with Crippen molar-refractivity contribution in [3.8, 4) is 45.8 Å². The van der Waals surface area contributed by atoms with Gasteiger partial charge in [0, 0.05) is 29.8 Å². The van der Waals surface area contributed by atoms with Gasteiger partial charge in [0.15, 0.2) is 18.0 Å². The number of carbonyl (C=O) groups excluding carboxylic acids is 2. The predicted molar refractivity (Wildman–Crippen MR) is 189 cm³/mol. The molecule has 0 amide bonds. The van der Waals surface area contributed by atoms with Gasteiger partial charge in [0.25, 0.3) is 0 Å². The normalized spacial score (nSPS) is 19.9. The third kappa shape index (κ3) is 8.45. The average molecular weight is 741 g/mol. The Hall–Kier alpha value is -6.81. The highest BCUT2D eigenvalue weighted by Gasteiger charge is 2.49. The Morgan fingerprint density at radius 1 is 0.704 bits per heavy atom. The minimum absolute atomic E-state index is 0.000756. The molecule has 1 fully saturated rings. The van der Waals surface area contributed by atoms with E-state index in [1.807, 2.05) is 0 Å². The average Bonchev–Trinajstić information content (AvgIpc) is 3.14. The zero-order valence-corrected chi connectivity index (χ0v) is 27.9. The molecule has 15 heteroatoms. The van der Waals surface area contributed by atoms with Crippen LogP contribution >= 0.6 is 0 Å². The zero-order valence-electron chi connectivity index (χ0n) is 27.9. The molecule has 1 aromatic heterocycles. The van der Waals surface area contributed by atoms with Crippen LogP contribution in [0.15, 0.2) is 106 Å². The molecule has 7 N–H and O–H groups in total. The molecule has 0 bridgehead atoms. The summed E-state index contributed by atoms with van der Waals surface area (Å²) < 4.78 is 28.3. The lowest BCUT2D eigenvalue weighted by atomic mass is 9.98. The van der Waals surface area contributed by atoms with Crippen molar-refractivity contribution in [1.82, 2.24) is 0 Å². The number of ether oxygens (including phenoxy) is 4. The van der Waals surface area contributed by atoms with Crippen LogP contribution in [0.25, 0.3) is 34.4 Å². The third-order valence-electron chi connectivity index (χ3n) is 8.18. The first-order valence-electron chi connectivity index (χ1n) is 16.2. The van der Waals surface area contributed by atoms with Crippen LogP contribution in [0.3, 0.4) is 0 Å². The van der Waals surface area contributed by atoms with Gasteiger partial charge in [0.2, 0.25) is 17.5 Å². The number of esters is 2. The van der Waals surface area contributed by atoms with E-state index in [0.717, 1.165) is 24.3 Å². The summed E-state index contributed by atoms with van der Waals surface area (Å²) in [6, 6.07) is 19.0. The maximum Gasteiger partial charge on any atom is 0.331 e.